The maximum absolute atomic E-state index is 13.9. The van der Waals surface area contributed by atoms with E-state index >= 15 is 0 Å². The van der Waals surface area contributed by atoms with Crippen LogP contribution in [0.15, 0.2) is 11.8 Å². The van der Waals surface area contributed by atoms with Crippen LogP contribution in [-0.2, 0) is 24.9 Å². The maximum atomic E-state index is 13.9. The average Bonchev–Trinajstić information content (AvgIpc) is 2.20. The summed E-state index contributed by atoms with van der Waals surface area (Å²) >= 11 is -0.157. The van der Waals surface area contributed by atoms with Gasteiger partial charge in [0.25, 0.3) is 0 Å². The first-order valence-corrected chi connectivity index (χ1v) is 6.67. The molecule has 15 heavy (non-hydrogen) atoms. The van der Waals surface area contributed by atoms with Gasteiger partial charge in [0.05, 0.1) is 7.11 Å². The highest BCUT2D eigenvalue weighted by Gasteiger charge is 2.41. The second-order valence-electron chi connectivity index (χ2n) is 3.66. The first-order valence-electron chi connectivity index (χ1n) is 4.70. The van der Waals surface area contributed by atoms with Gasteiger partial charge in [0.1, 0.15) is 12.5 Å². The van der Waals surface area contributed by atoms with Gasteiger partial charge in [-0.25, -0.2) is 9.18 Å². The lowest BCUT2D eigenvalue weighted by molar-refractivity contribution is -0.155. The zero-order valence-corrected chi connectivity index (χ0v) is 10.0. The van der Waals surface area contributed by atoms with Gasteiger partial charge >= 0.3 is 5.97 Å². The molecule has 0 fully saturated rings. The molecule has 0 aromatic heterocycles. The third-order valence-corrected chi connectivity index (χ3v) is 2.79. The second-order valence-corrected chi connectivity index (χ2v) is 5.31. The van der Waals surface area contributed by atoms with Crippen molar-refractivity contribution in [1.82, 2.24) is 0 Å². The molecule has 1 atom stereocenters. The Kier molecular flexibility index (Phi) is 4.02. The van der Waals surface area contributed by atoms with E-state index in [1.807, 2.05) is 12.5 Å². The number of ether oxygens (including phenoxy) is 1. The predicted molar refractivity (Wildman–Crippen MR) is 58.1 cm³/mol. The number of alkyl halides is 1. The van der Waals surface area contributed by atoms with Gasteiger partial charge in [-0.2, -0.15) is 0 Å². The number of carbonyl (C=O) groups excluding carboxylic acids is 1. The van der Waals surface area contributed by atoms with Crippen molar-refractivity contribution < 1.29 is 18.1 Å². The molecule has 0 saturated carbocycles. The normalized spacial score (nSPS) is 26.1. The summed E-state index contributed by atoms with van der Waals surface area (Å²) in [5, 5.41) is 0. The fourth-order valence-corrected chi connectivity index (χ4v) is 2.04. The number of rotatable bonds is 3. The molecule has 0 radical (unpaired) electrons. The van der Waals surface area contributed by atoms with Crippen LogP contribution in [0.2, 0.25) is 0 Å². The molecule has 0 amide bonds. The first kappa shape index (κ1) is 12.4. The van der Waals surface area contributed by atoms with Crippen molar-refractivity contribution in [2.24, 2.45) is 0 Å². The zero-order valence-electron chi connectivity index (χ0n) is 9.21. The molecular weight excluding hydrogens is 219 g/mol. The summed E-state index contributed by atoms with van der Waals surface area (Å²) in [6.45, 7) is 0. The van der Waals surface area contributed by atoms with E-state index in [2.05, 4.69) is 4.74 Å². The van der Waals surface area contributed by atoms with E-state index < -0.39 is 11.6 Å². The third kappa shape index (κ3) is 3.12. The summed E-state index contributed by atoms with van der Waals surface area (Å²) in [5.74, 6) is -0.00897. The smallest absolute Gasteiger partial charge is 0.343 e. The van der Waals surface area contributed by atoms with Crippen LogP contribution in [-0.4, -0.2) is 31.3 Å². The highest BCUT2D eigenvalue weighted by Crippen LogP contribution is 2.33. The van der Waals surface area contributed by atoms with Gasteiger partial charge in [0.2, 0.25) is 5.67 Å². The number of halogens is 1. The molecular formula is C10H16FO3S+. The molecule has 0 N–H and O–H groups in total. The Hall–Kier alpha value is -0.710. The van der Waals surface area contributed by atoms with Crippen molar-refractivity contribution in [2.75, 3.05) is 19.6 Å². The van der Waals surface area contributed by atoms with Crippen LogP contribution in [0, 0.1) is 0 Å². The van der Waals surface area contributed by atoms with E-state index in [1.165, 1.54) is 7.11 Å². The van der Waals surface area contributed by atoms with E-state index in [1.54, 1.807) is 6.08 Å². The average molecular weight is 235 g/mol. The van der Waals surface area contributed by atoms with Crippen molar-refractivity contribution in [3.63, 3.8) is 0 Å². The Labute approximate surface area is 92.2 Å². The number of allylic oxidation sites excluding steroid dienone is 2. The molecule has 1 unspecified atom stereocenters. The molecule has 1 aliphatic rings. The minimum absolute atomic E-state index is 0.0478. The molecule has 1 aliphatic carbocycles. The van der Waals surface area contributed by atoms with E-state index in [0.29, 0.717) is 6.42 Å². The maximum Gasteiger partial charge on any atom is 0.343 e. The third-order valence-electron chi connectivity index (χ3n) is 2.25. The molecule has 86 valence electrons. The van der Waals surface area contributed by atoms with E-state index in [4.69, 9.17) is 4.18 Å². The van der Waals surface area contributed by atoms with E-state index in [0.717, 1.165) is 5.76 Å². The molecule has 5 heteroatoms. The number of carbonyl (C=O) groups is 1. The van der Waals surface area contributed by atoms with Gasteiger partial charge in [-0.05, 0) is 12.5 Å². The number of methoxy groups -OCH3 is 1. The van der Waals surface area contributed by atoms with Crippen LogP contribution in [0.5, 0.6) is 0 Å². The molecule has 3 nitrogen and oxygen atoms in total. The SMILES string of the molecule is COC(=O)C1(F)CC=C(O[S+](C)C)CC1. The summed E-state index contributed by atoms with van der Waals surface area (Å²) in [5.41, 5.74) is -1.86. The highest BCUT2D eigenvalue weighted by molar-refractivity contribution is 7.91. The number of hydrogen-bond acceptors (Lipinski definition) is 3. The van der Waals surface area contributed by atoms with Gasteiger partial charge < -0.3 is 4.74 Å². The van der Waals surface area contributed by atoms with Gasteiger partial charge in [-0.3, -0.25) is 4.18 Å². The van der Waals surface area contributed by atoms with Gasteiger partial charge in [0, 0.05) is 12.8 Å². The fraction of sp³-hybridized carbons (Fsp3) is 0.700. The molecule has 0 bridgehead atoms. The van der Waals surface area contributed by atoms with Crippen molar-refractivity contribution in [3.8, 4) is 0 Å². The Bertz CT molecular complexity index is 278. The van der Waals surface area contributed by atoms with Crippen LogP contribution in [0.1, 0.15) is 19.3 Å². The van der Waals surface area contributed by atoms with Crippen molar-refractivity contribution in [3.05, 3.63) is 11.8 Å². The summed E-state index contributed by atoms with van der Waals surface area (Å²) in [6.07, 6.45) is 6.18. The van der Waals surface area contributed by atoms with Crippen molar-refractivity contribution in [2.45, 2.75) is 24.9 Å². The standard InChI is InChI=1S/C10H16FO3S/c1-13-9(12)10(11)6-4-8(5-7-10)14-15(2)3/h4H,5-7H2,1-3H3/q+1. The molecule has 0 aromatic rings. The Morgan fingerprint density at radius 3 is 2.67 bits per heavy atom. The topological polar surface area (TPSA) is 35.5 Å². The molecule has 0 saturated heterocycles. The summed E-state index contributed by atoms with van der Waals surface area (Å²) < 4.78 is 23.8. The Balaban J connectivity index is 2.60. The second kappa shape index (κ2) is 4.88. The lowest BCUT2D eigenvalue weighted by atomic mass is 9.90. The van der Waals surface area contributed by atoms with E-state index in [-0.39, 0.29) is 24.0 Å². The van der Waals surface area contributed by atoms with Gasteiger partial charge in [-0.1, -0.05) is 0 Å². The van der Waals surface area contributed by atoms with Gasteiger partial charge in [0.15, 0.2) is 16.9 Å². The van der Waals surface area contributed by atoms with Crippen LogP contribution in [0.4, 0.5) is 4.39 Å². The first-order chi connectivity index (χ1) is 6.98. The predicted octanol–water partition coefficient (Wildman–Crippen LogP) is 1.74. The summed E-state index contributed by atoms with van der Waals surface area (Å²) in [4.78, 5) is 11.2. The quantitative estimate of drug-likeness (QED) is 0.552. The Morgan fingerprint density at radius 2 is 2.27 bits per heavy atom. The highest BCUT2D eigenvalue weighted by atomic mass is 32.2. The number of hydrogen-bond donors (Lipinski definition) is 0. The molecule has 0 heterocycles. The largest absolute Gasteiger partial charge is 0.467 e. The number of esters is 1. The lowest BCUT2D eigenvalue weighted by Crippen LogP contribution is -2.36. The molecule has 0 aliphatic heterocycles. The van der Waals surface area contributed by atoms with Gasteiger partial charge in [-0.15, -0.1) is 0 Å². The molecule has 0 aromatic carbocycles. The monoisotopic (exact) mass is 235 g/mol. The lowest BCUT2D eigenvalue weighted by Gasteiger charge is -2.24. The van der Waals surface area contributed by atoms with Crippen molar-refractivity contribution in [1.29, 1.82) is 0 Å². The molecule has 0 spiro atoms. The zero-order chi connectivity index (χ0) is 11.5. The minimum Gasteiger partial charge on any atom is -0.467 e. The van der Waals surface area contributed by atoms with Crippen LogP contribution >= 0.6 is 0 Å². The van der Waals surface area contributed by atoms with Crippen LogP contribution in [0.3, 0.4) is 0 Å². The molecule has 1 rings (SSSR count). The summed E-state index contributed by atoms with van der Waals surface area (Å²) in [6, 6.07) is 0. The van der Waals surface area contributed by atoms with Crippen molar-refractivity contribution >= 4 is 17.1 Å². The van der Waals surface area contributed by atoms with Crippen LogP contribution < -0.4 is 0 Å². The minimum atomic E-state index is -1.86. The van der Waals surface area contributed by atoms with Crippen LogP contribution in [0.25, 0.3) is 0 Å². The fourth-order valence-electron chi connectivity index (χ4n) is 1.46. The summed E-state index contributed by atoms with van der Waals surface area (Å²) in [7, 11) is 1.20. The van der Waals surface area contributed by atoms with E-state index in [9.17, 15) is 9.18 Å². The Morgan fingerprint density at radius 1 is 1.60 bits per heavy atom.